The molecule has 4 fully saturated rings. The molecule has 6 bridgehead atoms. The van der Waals surface area contributed by atoms with Gasteiger partial charge in [0.05, 0.1) is 25.6 Å². The van der Waals surface area contributed by atoms with Crippen LogP contribution in [0.2, 0.25) is 0 Å². The minimum Gasteiger partial charge on any atom is -0.377 e. The van der Waals surface area contributed by atoms with Crippen molar-refractivity contribution in [3.05, 3.63) is 88.5 Å². The van der Waals surface area contributed by atoms with E-state index < -0.39 is 204 Å². The number of carbonyl (C=O) groups excluding carboxylic acids is 12. The number of fused-ring (bicyclic) bond motifs is 22. The number of halogens is 5. The lowest BCUT2D eigenvalue weighted by Gasteiger charge is -2.54. The molecule has 1 spiro atoms. The van der Waals surface area contributed by atoms with E-state index in [4.69, 9.17) is 4.74 Å². The van der Waals surface area contributed by atoms with Crippen molar-refractivity contribution in [3.8, 4) is 0 Å². The zero-order chi connectivity index (χ0) is 79.7. The lowest BCUT2D eigenvalue weighted by Crippen LogP contribution is -2.71. The van der Waals surface area contributed by atoms with Gasteiger partial charge in [0.2, 0.25) is 70.9 Å². The van der Waals surface area contributed by atoms with Crippen LogP contribution in [-0.2, 0) is 81.3 Å². The Balaban J connectivity index is 1.18. The Kier molecular flexibility index (Phi) is 27.7. The Bertz CT molecular complexity index is 3760. The highest BCUT2D eigenvalue weighted by atomic mass is 19.4. The molecule has 25 nitrogen and oxygen atoms in total. The highest BCUT2D eigenvalue weighted by molar-refractivity contribution is 6.01. The predicted molar refractivity (Wildman–Crippen MR) is 393 cm³/mol. The van der Waals surface area contributed by atoms with Crippen LogP contribution >= 0.6 is 0 Å². The fourth-order valence-electron chi connectivity index (χ4n) is 17.0. The number of aryl methyl sites for hydroxylation is 1. The summed E-state index contributed by atoms with van der Waals surface area (Å²) in [4.78, 5) is 195. The van der Waals surface area contributed by atoms with E-state index in [2.05, 4.69) is 16.0 Å². The third kappa shape index (κ3) is 19.7. The monoisotopic (exact) mass is 1530 g/mol. The van der Waals surface area contributed by atoms with Gasteiger partial charge < -0.3 is 64.8 Å². The first kappa shape index (κ1) is 84.2. The highest BCUT2D eigenvalue weighted by Crippen LogP contribution is 2.50. The number of hydrogen-bond donors (Lipinski definition) is 3. The predicted octanol–water partition coefficient (Wildman–Crippen LogP) is 6.04. The molecular formula is C79H109F5N12O13. The van der Waals surface area contributed by atoms with Gasteiger partial charge in [0, 0.05) is 87.9 Å². The summed E-state index contributed by atoms with van der Waals surface area (Å²) < 4.78 is 78.4. The van der Waals surface area contributed by atoms with Crippen molar-refractivity contribution in [1.82, 2.24) is 60.0 Å². The fraction of sp³-hybridized carbons (Fsp3) is 0.646. The van der Waals surface area contributed by atoms with Crippen LogP contribution in [0, 0.1) is 28.9 Å². The number of ether oxygens (including phenoxy) is 1. The minimum atomic E-state index is -5.42. The molecule has 0 unspecified atom stereocenters. The van der Waals surface area contributed by atoms with Crippen LogP contribution in [0.5, 0.6) is 0 Å². The van der Waals surface area contributed by atoms with E-state index in [0.29, 0.717) is 94.1 Å². The van der Waals surface area contributed by atoms with Crippen LogP contribution in [0.4, 0.5) is 22.0 Å². The molecular weight excluding hydrogens is 1420 g/mol. The van der Waals surface area contributed by atoms with Crippen molar-refractivity contribution < 1.29 is 84.2 Å². The molecule has 7 aliphatic heterocycles. The molecule has 12 amide bonds. The molecule has 10 atom stereocenters. The molecule has 2 aromatic carbocycles. The Morgan fingerprint density at radius 2 is 1.28 bits per heavy atom. The van der Waals surface area contributed by atoms with Crippen molar-refractivity contribution in [2.75, 3.05) is 88.2 Å². The first-order chi connectivity index (χ1) is 51.5. The van der Waals surface area contributed by atoms with Gasteiger partial charge in [0.15, 0.2) is 0 Å². The molecule has 30 heteroatoms. The Labute approximate surface area is 635 Å². The molecule has 0 radical (unpaired) electrons. The second kappa shape index (κ2) is 35.9. The van der Waals surface area contributed by atoms with Gasteiger partial charge in [-0.3, -0.25) is 57.5 Å². The number of rotatable bonds is 9. The largest absolute Gasteiger partial charge is 0.422 e. The van der Waals surface area contributed by atoms with Crippen LogP contribution in [-0.4, -0.2) is 263 Å². The molecule has 0 aromatic heterocycles. The summed E-state index contributed by atoms with van der Waals surface area (Å²) in [6, 6.07) is -3.07. The number of carbonyl (C=O) groups is 12. The molecule has 7 heterocycles. The Morgan fingerprint density at radius 3 is 1.91 bits per heavy atom. The molecule has 2 saturated heterocycles. The van der Waals surface area contributed by atoms with E-state index in [0.717, 1.165) is 14.7 Å². The van der Waals surface area contributed by atoms with Gasteiger partial charge in [-0.1, -0.05) is 95.5 Å². The van der Waals surface area contributed by atoms with Crippen molar-refractivity contribution in [2.45, 2.75) is 223 Å². The van der Waals surface area contributed by atoms with E-state index in [9.17, 15) is 27.6 Å². The quantitative estimate of drug-likeness (QED) is 0.147. The summed E-state index contributed by atoms with van der Waals surface area (Å²) in [6.07, 6.45) is 4.05. The maximum absolute atomic E-state index is 15.9. The average Bonchev–Trinajstić information content (AvgIpc) is 1.20. The fourth-order valence-corrected chi connectivity index (χ4v) is 17.0. The topological polar surface area (TPSA) is 279 Å². The van der Waals surface area contributed by atoms with Crippen LogP contribution in [0.1, 0.15) is 166 Å². The van der Waals surface area contributed by atoms with Gasteiger partial charge in [-0.25, -0.2) is 8.78 Å². The normalized spacial score (nSPS) is 27.7. The third-order valence-corrected chi connectivity index (χ3v) is 23.2. The maximum atomic E-state index is 15.9. The second-order valence-electron chi connectivity index (χ2n) is 31.7. The molecule has 109 heavy (non-hydrogen) atoms. The zero-order valence-electron chi connectivity index (χ0n) is 64.7. The summed E-state index contributed by atoms with van der Waals surface area (Å²) in [5.41, 5.74) is -3.53. The van der Waals surface area contributed by atoms with Crippen molar-refractivity contribution in [2.24, 2.45) is 17.3 Å². The molecule has 3 N–H and O–H groups in total. The molecule has 2 aromatic rings. The number of nitrogens with zero attached hydrogens (tertiary/aromatic N) is 9. The average molecular weight is 1530 g/mol. The number of alkyl halides is 3. The summed E-state index contributed by atoms with van der Waals surface area (Å²) in [6.45, 7) is 8.05. The van der Waals surface area contributed by atoms with Crippen LogP contribution < -0.4 is 16.0 Å². The molecule has 2 saturated carbocycles. The molecule has 9 aliphatic rings. The maximum Gasteiger partial charge on any atom is 0.422 e. The molecule has 598 valence electrons. The number of amides is 12. The van der Waals surface area contributed by atoms with Crippen molar-refractivity contribution in [1.29, 1.82) is 0 Å². The SMILES string of the molecule is CCO[C@@H]1C[C@H]2C(=O)NC3(CC(C)(C)C3)C(=O)N(C)[C@@H](C3CCCC3)C(=O)N(C)[C@H](C(=O)N3CCCC3)CC(=O)N(C)[C@H]3CCCC=Cc4ccc(cc4)C[C@H](C(=O)N(C)CC(=O)N[C@@H](CCc4cc(F)c(C(F)(F)F)c(F)c4)C(=O)N2C1)N1CC/C=C\C[C@@H](C1=O)N(C)C(=O)CN(C)C(=O)[C@H]([C@@H](C)CC)NC3=O. The summed E-state index contributed by atoms with van der Waals surface area (Å²) >= 11 is 0. The Hall–Kier alpha value is -8.83. The number of likely N-dealkylation sites (tertiary alicyclic amines) is 1. The third-order valence-electron chi connectivity index (χ3n) is 23.2. The zero-order valence-corrected chi connectivity index (χ0v) is 64.7. The van der Waals surface area contributed by atoms with E-state index >= 15 is 51.9 Å². The first-order valence-electron chi connectivity index (χ1n) is 38.4. The minimum absolute atomic E-state index is 0.0319. The molecule has 11 rings (SSSR count). The highest BCUT2D eigenvalue weighted by Gasteiger charge is 2.59. The number of hydrogen-bond acceptors (Lipinski definition) is 13. The smallest absolute Gasteiger partial charge is 0.377 e. The summed E-state index contributed by atoms with van der Waals surface area (Å²) in [5, 5.41) is 8.61. The van der Waals surface area contributed by atoms with Gasteiger partial charge in [-0.05, 0) is 136 Å². The van der Waals surface area contributed by atoms with E-state index in [1.165, 1.54) is 66.8 Å². The van der Waals surface area contributed by atoms with Crippen molar-refractivity contribution in [3.63, 3.8) is 0 Å². The summed E-state index contributed by atoms with van der Waals surface area (Å²) in [5.74, 6) is -13.7. The number of allylic oxidation sites excluding steroid dienone is 1. The van der Waals surface area contributed by atoms with Crippen molar-refractivity contribution >= 4 is 77.0 Å². The van der Waals surface area contributed by atoms with E-state index in [1.54, 1.807) is 55.2 Å². The van der Waals surface area contributed by atoms with Gasteiger partial charge in [-0.2, -0.15) is 13.2 Å². The number of benzene rings is 2. The number of nitrogens with one attached hydrogen (secondary N) is 3. The van der Waals surface area contributed by atoms with Crippen LogP contribution in [0.3, 0.4) is 0 Å². The first-order valence-corrected chi connectivity index (χ1v) is 38.4. The van der Waals surface area contributed by atoms with E-state index in [-0.39, 0.29) is 70.2 Å². The lowest BCUT2D eigenvalue weighted by molar-refractivity contribution is -0.161. The lowest BCUT2D eigenvalue weighted by atomic mass is 9.58. The number of likely N-dealkylation sites (N-methyl/N-ethyl adjacent to an activating group) is 6. The van der Waals surface area contributed by atoms with Crippen LogP contribution in [0.15, 0.2) is 54.6 Å². The van der Waals surface area contributed by atoms with Gasteiger partial charge >= 0.3 is 6.18 Å². The Morgan fingerprint density at radius 1 is 0.642 bits per heavy atom. The molecule has 2 aliphatic carbocycles. The van der Waals surface area contributed by atoms with Gasteiger partial charge in [0.1, 0.15) is 71.1 Å². The van der Waals surface area contributed by atoms with Gasteiger partial charge in [0.25, 0.3) is 0 Å². The standard InChI is InChI=1S/C79H109F5N12O13/c1-12-48(3)66-74(106)89(7)45-64(99)91(9)58-28-18-15-21-37-95(73(58)105)61-40-50-31-29-49(30-32-50)24-16-14-17-27-57(68(100)86-66)90(8)63(98)42-60(72(104)94-35-22-23-36-94)92(10)75(107)67(52-25-19-20-26-52)93(11)76(108)78(46-77(4,5)47-78)87-69(101)59-41-53(109-13-2)43-96(59)70(102)56(85-62(97)44-88(6)71(61)103)34-33-51-38-54(80)65(55(81)39-51)79(82,83)84/h15-16,18,24,29-32,38-39,48,52-53,56-61,66-67H,12-14,17,19-23,25-28,33-37,40-47H2,1-11H3,(H,85,97)(H,86,100)(H,87,101)/b18-15-,24-16?/t48-,53+,56-,57-,58-,59-,60-,61+,66-,67-/m0/s1. The second-order valence-corrected chi connectivity index (χ2v) is 31.7. The van der Waals surface area contributed by atoms with Gasteiger partial charge in [-0.15, -0.1) is 0 Å². The summed E-state index contributed by atoms with van der Waals surface area (Å²) in [7, 11) is 8.37. The van der Waals surface area contributed by atoms with Crippen LogP contribution in [0.25, 0.3) is 6.08 Å². The van der Waals surface area contributed by atoms with E-state index in [1.807, 2.05) is 32.9 Å².